The van der Waals surface area contributed by atoms with E-state index in [1.54, 1.807) is 6.33 Å². The van der Waals surface area contributed by atoms with Crippen molar-refractivity contribution >= 4 is 27.6 Å². The molecule has 0 saturated carbocycles. The third-order valence-electron chi connectivity index (χ3n) is 4.36. The molecule has 3 rings (SSSR count). The van der Waals surface area contributed by atoms with Gasteiger partial charge in [0.25, 0.3) is 0 Å². The number of nitrogens with one attached hydrogen (secondary N) is 1. The molecule has 2 saturated heterocycles. The first-order valence-corrected chi connectivity index (χ1v) is 7.44. The standard InChI is InChI=1S/C12H19BrN6/c1-18-8-2-3-9(18)6-19(5-4-8)12-10(13)11(17-14)15-7-16-12/h7-9H,2-6,14H2,1H3,(H,15,16,17). The summed E-state index contributed by atoms with van der Waals surface area (Å²) in [7, 11) is 2.24. The van der Waals surface area contributed by atoms with E-state index in [9.17, 15) is 0 Å². The lowest BCUT2D eigenvalue weighted by Gasteiger charge is -2.27. The van der Waals surface area contributed by atoms with Gasteiger partial charge in [0.1, 0.15) is 16.6 Å². The van der Waals surface area contributed by atoms with Crippen molar-refractivity contribution in [1.29, 1.82) is 0 Å². The number of nitrogen functional groups attached to an aromatic ring is 1. The van der Waals surface area contributed by atoms with Crippen LogP contribution in [0.3, 0.4) is 0 Å². The molecule has 6 nitrogen and oxygen atoms in total. The van der Waals surface area contributed by atoms with Crippen molar-refractivity contribution in [3.8, 4) is 0 Å². The molecule has 2 aliphatic heterocycles. The van der Waals surface area contributed by atoms with E-state index < -0.39 is 0 Å². The van der Waals surface area contributed by atoms with Gasteiger partial charge in [-0.1, -0.05) is 0 Å². The Hall–Kier alpha value is -0.920. The number of hydrogen-bond acceptors (Lipinski definition) is 6. The van der Waals surface area contributed by atoms with Gasteiger partial charge in [-0.3, -0.25) is 4.90 Å². The molecule has 2 fully saturated rings. The zero-order chi connectivity index (χ0) is 13.4. The quantitative estimate of drug-likeness (QED) is 0.628. The molecule has 0 amide bonds. The SMILES string of the molecule is CN1C2CCC1CN(c1ncnc(NN)c1Br)CC2. The second-order valence-corrected chi connectivity index (χ2v) is 6.08. The number of likely N-dealkylation sites (N-methyl/N-ethyl adjacent to an activating group) is 1. The summed E-state index contributed by atoms with van der Waals surface area (Å²) in [5.74, 6) is 7.03. The first-order chi connectivity index (χ1) is 9.20. The Balaban J connectivity index is 1.87. The monoisotopic (exact) mass is 326 g/mol. The van der Waals surface area contributed by atoms with Crippen LogP contribution in [0.2, 0.25) is 0 Å². The van der Waals surface area contributed by atoms with Crippen LogP contribution in [0, 0.1) is 0 Å². The molecule has 0 radical (unpaired) electrons. The summed E-state index contributed by atoms with van der Waals surface area (Å²) in [6.07, 6.45) is 5.36. The van der Waals surface area contributed by atoms with Crippen LogP contribution in [0.15, 0.2) is 10.8 Å². The Morgan fingerprint density at radius 2 is 2.11 bits per heavy atom. The number of fused-ring (bicyclic) bond motifs is 2. The Labute approximate surface area is 121 Å². The number of rotatable bonds is 2. The van der Waals surface area contributed by atoms with Crippen LogP contribution in [-0.2, 0) is 0 Å². The number of nitrogens with zero attached hydrogens (tertiary/aromatic N) is 4. The maximum Gasteiger partial charge on any atom is 0.159 e. The van der Waals surface area contributed by atoms with E-state index in [1.807, 2.05) is 0 Å². The van der Waals surface area contributed by atoms with Gasteiger partial charge in [0.05, 0.1) is 0 Å². The van der Waals surface area contributed by atoms with Gasteiger partial charge in [0.15, 0.2) is 5.82 Å². The summed E-state index contributed by atoms with van der Waals surface area (Å²) in [6, 6.07) is 1.35. The molecule has 2 unspecified atom stereocenters. The minimum absolute atomic E-state index is 0.628. The van der Waals surface area contributed by atoms with Crippen LogP contribution in [-0.4, -0.2) is 47.1 Å². The van der Waals surface area contributed by atoms with E-state index in [4.69, 9.17) is 5.84 Å². The Morgan fingerprint density at radius 3 is 2.89 bits per heavy atom. The van der Waals surface area contributed by atoms with Crippen LogP contribution in [0.4, 0.5) is 11.6 Å². The average molecular weight is 327 g/mol. The minimum Gasteiger partial charge on any atom is -0.354 e. The van der Waals surface area contributed by atoms with Gasteiger partial charge in [-0.25, -0.2) is 15.8 Å². The fourth-order valence-corrected chi connectivity index (χ4v) is 3.75. The number of aromatic nitrogens is 2. The molecule has 19 heavy (non-hydrogen) atoms. The zero-order valence-electron chi connectivity index (χ0n) is 11.0. The molecule has 7 heteroatoms. The van der Waals surface area contributed by atoms with Gasteiger partial charge >= 0.3 is 0 Å². The third kappa shape index (κ3) is 2.30. The van der Waals surface area contributed by atoms with E-state index >= 15 is 0 Å². The number of halogens is 1. The van der Waals surface area contributed by atoms with Gasteiger partial charge in [0, 0.05) is 25.2 Å². The normalized spacial score (nSPS) is 27.4. The molecule has 2 atom stereocenters. The third-order valence-corrected chi connectivity index (χ3v) is 5.09. The van der Waals surface area contributed by atoms with E-state index in [0.29, 0.717) is 11.9 Å². The predicted octanol–water partition coefficient (Wildman–Crippen LogP) is 1.20. The van der Waals surface area contributed by atoms with Crippen molar-refractivity contribution < 1.29 is 0 Å². The van der Waals surface area contributed by atoms with Gasteiger partial charge in [-0.15, -0.1) is 0 Å². The highest BCUT2D eigenvalue weighted by Crippen LogP contribution is 2.34. The van der Waals surface area contributed by atoms with Gasteiger partial charge in [-0.05, 0) is 42.2 Å². The second kappa shape index (κ2) is 5.22. The van der Waals surface area contributed by atoms with Crippen molar-refractivity contribution in [2.75, 3.05) is 30.5 Å². The molecule has 104 valence electrons. The summed E-state index contributed by atoms with van der Waals surface area (Å²) < 4.78 is 0.845. The van der Waals surface area contributed by atoms with Crippen molar-refractivity contribution in [3.05, 3.63) is 10.8 Å². The maximum atomic E-state index is 5.47. The number of nitrogens with two attached hydrogens (primary N) is 1. The summed E-state index contributed by atoms with van der Waals surface area (Å²) in [5.41, 5.74) is 2.60. The molecular formula is C12H19BrN6. The first kappa shape index (κ1) is 13.1. The molecule has 3 N–H and O–H groups in total. The lowest BCUT2D eigenvalue weighted by Crippen LogP contribution is -2.37. The molecule has 1 aromatic heterocycles. The first-order valence-electron chi connectivity index (χ1n) is 6.64. The fourth-order valence-electron chi connectivity index (χ4n) is 3.18. The largest absolute Gasteiger partial charge is 0.354 e. The van der Waals surface area contributed by atoms with E-state index in [1.165, 1.54) is 19.3 Å². The van der Waals surface area contributed by atoms with E-state index in [2.05, 4.69) is 48.2 Å². The topological polar surface area (TPSA) is 70.3 Å². The Bertz CT molecular complexity index is 468. The maximum absolute atomic E-state index is 5.47. The fraction of sp³-hybridized carbons (Fsp3) is 0.667. The molecule has 2 aliphatic rings. The van der Waals surface area contributed by atoms with Crippen molar-refractivity contribution in [2.45, 2.75) is 31.3 Å². The van der Waals surface area contributed by atoms with Gasteiger partial charge in [0.2, 0.25) is 0 Å². The molecule has 0 aliphatic carbocycles. The number of hydrazine groups is 1. The second-order valence-electron chi connectivity index (χ2n) is 5.29. The number of hydrogen-bond donors (Lipinski definition) is 2. The summed E-state index contributed by atoms with van der Waals surface area (Å²) in [6.45, 7) is 2.05. The van der Waals surface area contributed by atoms with Crippen LogP contribution < -0.4 is 16.2 Å². The van der Waals surface area contributed by atoms with Crippen LogP contribution in [0.5, 0.6) is 0 Å². The lowest BCUT2D eigenvalue weighted by atomic mass is 10.1. The molecule has 0 aromatic carbocycles. The molecule has 3 heterocycles. The highest BCUT2D eigenvalue weighted by molar-refractivity contribution is 9.10. The van der Waals surface area contributed by atoms with Gasteiger partial charge in [-0.2, -0.15) is 0 Å². The van der Waals surface area contributed by atoms with Crippen molar-refractivity contribution in [1.82, 2.24) is 14.9 Å². The summed E-state index contributed by atoms with van der Waals surface area (Å²) >= 11 is 3.55. The molecule has 2 bridgehead atoms. The van der Waals surface area contributed by atoms with E-state index in [0.717, 1.165) is 29.4 Å². The Morgan fingerprint density at radius 1 is 1.32 bits per heavy atom. The highest BCUT2D eigenvalue weighted by Gasteiger charge is 2.35. The summed E-state index contributed by atoms with van der Waals surface area (Å²) in [5, 5.41) is 0. The van der Waals surface area contributed by atoms with Crippen LogP contribution in [0.1, 0.15) is 19.3 Å². The highest BCUT2D eigenvalue weighted by atomic mass is 79.9. The van der Waals surface area contributed by atoms with Crippen molar-refractivity contribution in [2.24, 2.45) is 5.84 Å². The summed E-state index contributed by atoms with van der Waals surface area (Å²) in [4.78, 5) is 13.4. The molecule has 0 spiro atoms. The predicted molar refractivity (Wildman–Crippen MR) is 78.9 cm³/mol. The average Bonchev–Trinajstić information content (AvgIpc) is 2.64. The Kier molecular flexibility index (Phi) is 3.60. The van der Waals surface area contributed by atoms with Gasteiger partial charge < -0.3 is 10.3 Å². The smallest absolute Gasteiger partial charge is 0.159 e. The van der Waals surface area contributed by atoms with E-state index in [-0.39, 0.29) is 0 Å². The zero-order valence-corrected chi connectivity index (χ0v) is 12.6. The lowest BCUT2D eigenvalue weighted by molar-refractivity contribution is 0.254. The minimum atomic E-state index is 0.628. The van der Waals surface area contributed by atoms with Crippen LogP contribution >= 0.6 is 15.9 Å². The number of anilines is 2. The molecule has 1 aromatic rings. The molecular weight excluding hydrogens is 308 g/mol. The van der Waals surface area contributed by atoms with Crippen LogP contribution in [0.25, 0.3) is 0 Å². The van der Waals surface area contributed by atoms with Crippen molar-refractivity contribution in [3.63, 3.8) is 0 Å².